The van der Waals surface area contributed by atoms with Crippen molar-refractivity contribution in [3.63, 3.8) is 0 Å². The fourth-order valence-corrected chi connectivity index (χ4v) is 1.96. The molecule has 0 aliphatic rings. The molecule has 0 unspecified atom stereocenters. The molecule has 0 radical (unpaired) electrons. The van der Waals surface area contributed by atoms with E-state index in [0.29, 0.717) is 17.9 Å². The van der Waals surface area contributed by atoms with E-state index in [0.717, 1.165) is 5.56 Å². The molecule has 3 aromatic rings. The maximum absolute atomic E-state index is 11.1. The van der Waals surface area contributed by atoms with Crippen molar-refractivity contribution in [1.82, 2.24) is 14.6 Å². The molecule has 0 atom stereocenters. The highest BCUT2D eigenvalue weighted by atomic mass is 16.4. The zero-order valence-electron chi connectivity index (χ0n) is 10.0. The van der Waals surface area contributed by atoms with Gasteiger partial charge in [0, 0.05) is 6.42 Å². The molecule has 0 amide bonds. The molecule has 1 N–H and O–H groups in total. The lowest BCUT2D eigenvalue weighted by Gasteiger charge is -1.96. The number of aromatic carboxylic acids is 1. The van der Waals surface area contributed by atoms with Crippen LogP contribution in [0.1, 0.15) is 21.9 Å². The van der Waals surface area contributed by atoms with E-state index in [2.05, 4.69) is 10.1 Å². The van der Waals surface area contributed by atoms with Crippen LogP contribution >= 0.6 is 0 Å². The minimum atomic E-state index is -1.01. The monoisotopic (exact) mass is 253 g/mol. The second kappa shape index (κ2) is 4.53. The van der Waals surface area contributed by atoms with Crippen LogP contribution in [0.15, 0.2) is 48.5 Å². The number of benzene rings is 1. The maximum atomic E-state index is 11.1. The number of carboxylic acid groups (broad SMARTS) is 1. The third-order valence-corrected chi connectivity index (χ3v) is 2.83. The largest absolute Gasteiger partial charge is 0.477 e. The van der Waals surface area contributed by atoms with Gasteiger partial charge in [0.1, 0.15) is 0 Å². The second-order valence-corrected chi connectivity index (χ2v) is 4.18. The van der Waals surface area contributed by atoms with E-state index >= 15 is 0 Å². The molecule has 2 aromatic heterocycles. The molecule has 0 saturated heterocycles. The molecule has 2 heterocycles. The van der Waals surface area contributed by atoms with Crippen LogP contribution in [-0.4, -0.2) is 25.7 Å². The Balaban J connectivity index is 2.03. The summed E-state index contributed by atoms with van der Waals surface area (Å²) in [5, 5.41) is 13.3. The van der Waals surface area contributed by atoms with Crippen molar-refractivity contribution >= 4 is 11.6 Å². The van der Waals surface area contributed by atoms with Crippen LogP contribution < -0.4 is 0 Å². The Kier molecular flexibility index (Phi) is 2.72. The summed E-state index contributed by atoms with van der Waals surface area (Å²) in [6.07, 6.45) is 0.585. The van der Waals surface area contributed by atoms with Gasteiger partial charge in [-0.25, -0.2) is 14.3 Å². The Labute approximate surface area is 109 Å². The van der Waals surface area contributed by atoms with Gasteiger partial charge in [0.15, 0.2) is 17.2 Å². The number of hydrogen-bond acceptors (Lipinski definition) is 3. The first-order valence-corrected chi connectivity index (χ1v) is 5.86. The molecule has 0 aliphatic carbocycles. The smallest absolute Gasteiger partial charge is 0.354 e. The van der Waals surface area contributed by atoms with Crippen LogP contribution in [0.2, 0.25) is 0 Å². The van der Waals surface area contributed by atoms with Gasteiger partial charge in [-0.15, -0.1) is 0 Å². The highest BCUT2D eigenvalue weighted by molar-refractivity contribution is 5.86. The normalized spacial score (nSPS) is 10.7. The lowest BCUT2D eigenvalue weighted by atomic mass is 10.1. The van der Waals surface area contributed by atoms with E-state index in [1.807, 2.05) is 30.3 Å². The first-order chi connectivity index (χ1) is 9.24. The zero-order chi connectivity index (χ0) is 13.2. The molecular weight excluding hydrogens is 242 g/mol. The van der Waals surface area contributed by atoms with Gasteiger partial charge in [0.2, 0.25) is 0 Å². The number of carbonyl (C=O) groups is 1. The Hall–Kier alpha value is -2.69. The molecule has 19 heavy (non-hydrogen) atoms. The van der Waals surface area contributed by atoms with Crippen molar-refractivity contribution in [2.75, 3.05) is 0 Å². The lowest BCUT2D eigenvalue weighted by molar-refractivity contribution is 0.0687. The van der Waals surface area contributed by atoms with Crippen LogP contribution in [0.25, 0.3) is 5.65 Å². The first kappa shape index (κ1) is 11.4. The Morgan fingerprint density at radius 3 is 2.63 bits per heavy atom. The summed E-state index contributed by atoms with van der Waals surface area (Å²) in [4.78, 5) is 15.4. The van der Waals surface area contributed by atoms with Gasteiger partial charge in [-0.05, 0) is 17.7 Å². The summed E-state index contributed by atoms with van der Waals surface area (Å²) in [5.74, 6) is -0.401. The van der Waals surface area contributed by atoms with Crippen molar-refractivity contribution < 1.29 is 9.90 Å². The van der Waals surface area contributed by atoms with Crippen LogP contribution in [0, 0.1) is 0 Å². The summed E-state index contributed by atoms with van der Waals surface area (Å²) in [5.41, 5.74) is 1.76. The lowest BCUT2D eigenvalue weighted by Crippen LogP contribution is -2.05. The number of pyridine rings is 1. The predicted molar refractivity (Wildman–Crippen MR) is 69.2 cm³/mol. The van der Waals surface area contributed by atoms with E-state index in [4.69, 9.17) is 5.11 Å². The van der Waals surface area contributed by atoms with Crippen molar-refractivity contribution in [2.24, 2.45) is 0 Å². The quantitative estimate of drug-likeness (QED) is 0.775. The van der Waals surface area contributed by atoms with Crippen LogP contribution in [-0.2, 0) is 6.42 Å². The van der Waals surface area contributed by atoms with Gasteiger partial charge in [0.25, 0.3) is 0 Å². The molecule has 94 valence electrons. The van der Waals surface area contributed by atoms with Gasteiger partial charge in [-0.2, -0.15) is 5.10 Å². The van der Waals surface area contributed by atoms with Gasteiger partial charge in [-0.3, -0.25) is 0 Å². The first-order valence-electron chi connectivity index (χ1n) is 5.86. The van der Waals surface area contributed by atoms with E-state index in [1.54, 1.807) is 12.1 Å². The van der Waals surface area contributed by atoms with Crippen molar-refractivity contribution in [2.45, 2.75) is 6.42 Å². The molecule has 0 saturated carbocycles. The Bertz CT molecular complexity index is 735. The minimum absolute atomic E-state index is 0.115. The predicted octanol–water partition coefficient (Wildman–Crippen LogP) is 2.02. The number of aromatic nitrogens is 3. The average Bonchev–Trinajstić information content (AvgIpc) is 2.81. The molecule has 5 nitrogen and oxygen atoms in total. The fourth-order valence-electron chi connectivity index (χ4n) is 1.96. The van der Waals surface area contributed by atoms with Crippen molar-refractivity contribution in [3.8, 4) is 0 Å². The van der Waals surface area contributed by atoms with E-state index in [1.165, 1.54) is 10.6 Å². The number of rotatable bonds is 3. The summed E-state index contributed by atoms with van der Waals surface area (Å²) in [7, 11) is 0. The van der Waals surface area contributed by atoms with Crippen LogP contribution in [0.3, 0.4) is 0 Å². The third kappa shape index (κ3) is 2.18. The summed E-state index contributed by atoms with van der Waals surface area (Å²) >= 11 is 0. The third-order valence-electron chi connectivity index (χ3n) is 2.83. The molecule has 0 aliphatic heterocycles. The number of hydrogen-bond donors (Lipinski definition) is 1. The highest BCUT2D eigenvalue weighted by Crippen LogP contribution is 2.10. The van der Waals surface area contributed by atoms with Gasteiger partial charge in [0.05, 0.1) is 0 Å². The number of fused-ring (bicyclic) bond motifs is 1. The maximum Gasteiger partial charge on any atom is 0.354 e. The summed E-state index contributed by atoms with van der Waals surface area (Å²) in [6, 6.07) is 14.8. The molecule has 5 heteroatoms. The molecule has 3 rings (SSSR count). The van der Waals surface area contributed by atoms with Gasteiger partial charge in [-0.1, -0.05) is 36.4 Å². The topological polar surface area (TPSA) is 67.5 Å². The fraction of sp³-hybridized carbons (Fsp3) is 0.0714. The molecule has 0 fully saturated rings. The van der Waals surface area contributed by atoms with Crippen molar-refractivity contribution in [3.05, 3.63) is 65.6 Å². The molecule has 1 aromatic carbocycles. The SMILES string of the molecule is O=C(O)c1cccc2nc(Cc3ccccc3)nn12. The summed E-state index contributed by atoms with van der Waals surface area (Å²) < 4.78 is 1.36. The standard InChI is InChI=1S/C14H11N3O2/c18-14(19)11-7-4-8-13-15-12(16-17(11)13)9-10-5-2-1-3-6-10/h1-8H,9H2,(H,18,19). The average molecular weight is 253 g/mol. The van der Waals surface area contributed by atoms with Crippen molar-refractivity contribution in [1.29, 1.82) is 0 Å². The van der Waals surface area contributed by atoms with Gasteiger partial charge >= 0.3 is 5.97 Å². The second-order valence-electron chi connectivity index (χ2n) is 4.18. The zero-order valence-corrected chi connectivity index (χ0v) is 10.0. The van der Waals surface area contributed by atoms with E-state index < -0.39 is 5.97 Å². The molecule has 0 spiro atoms. The highest BCUT2D eigenvalue weighted by Gasteiger charge is 2.11. The molecular formula is C14H11N3O2. The summed E-state index contributed by atoms with van der Waals surface area (Å²) in [6.45, 7) is 0. The Morgan fingerprint density at radius 2 is 1.89 bits per heavy atom. The number of carboxylic acids is 1. The van der Waals surface area contributed by atoms with E-state index in [-0.39, 0.29) is 5.69 Å². The van der Waals surface area contributed by atoms with Crippen LogP contribution in [0.5, 0.6) is 0 Å². The van der Waals surface area contributed by atoms with Crippen LogP contribution in [0.4, 0.5) is 0 Å². The number of nitrogens with zero attached hydrogens (tertiary/aromatic N) is 3. The molecule has 0 bridgehead atoms. The van der Waals surface area contributed by atoms with E-state index in [9.17, 15) is 4.79 Å². The minimum Gasteiger partial charge on any atom is -0.477 e. The Morgan fingerprint density at radius 1 is 1.11 bits per heavy atom. The van der Waals surface area contributed by atoms with Gasteiger partial charge < -0.3 is 5.11 Å².